The fraction of sp³-hybridized carbons (Fsp3) is 0.541. The van der Waals surface area contributed by atoms with Crippen molar-refractivity contribution in [3.8, 4) is 11.1 Å². The number of benzene rings is 2. The van der Waals surface area contributed by atoms with Gasteiger partial charge in [-0.05, 0) is 0 Å². The third kappa shape index (κ3) is 4.89. The van der Waals surface area contributed by atoms with Crippen LogP contribution in [0.5, 0.6) is 0 Å². The van der Waals surface area contributed by atoms with Gasteiger partial charge in [0.05, 0.1) is 0 Å². The molecule has 0 nitrogen and oxygen atoms in total. The van der Waals surface area contributed by atoms with Crippen LogP contribution in [0.2, 0.25) is 11.9 Å². The van der Waals surface area contributed by atoms with Crippen LogP contribution in [-0.2, 0) is 29.1 Å². The number of rotatable bonds is 6. The molecule has 0 spiro atoms. The Morgan fingerprint density at radius 2 is 1.05 bits per heavy atom. The molecule has 1 heteroatoms. The van der Waals surface area contributed by atoms with Gasteiger partial charge in [0.2, 0.25) is 0 Å². The van der Waals surface area contributed by atoms with Gasteiger partial charge in [-0.1, -0.05) is 0 Å². The second kappa shape index (κ2) is 9.65. The summed E-state index contributed by atoms with van der Waals surface area (Å²) in [5.74, 6) is 1.27. The molecule has 0 N–H and O–H groups in total. The standard InChI is InChI=1S/C23H29.C5H5.2C4H9.CH2.Zr/c1-14-9-16-11-17-10-15(2)21(23(6,7)8)13-19(17)18(16)12-20(14)22(3,4)5;1-2-4-5-3-1;2*1-4(2)3;;/h9-13H,1-8H3;1-5H;2*4H,1H2,2-3H3;1H2;. The average Bonchev–Trinajstić information content (AvgIpc) is 3.37. The van der Waals surface area contributed by atoms with E-state index < -0.39 is 18.3 Å². The van der Waals surface area contributed by atoms with E-state index in [0.717, 1.165) is 0 Å². The molecule has 0 radical (unpaired) electrons. The second-order valence-corrected chi connectivity index (χ2v) is 31.7. The Bertz CT molecular complexity index is 1270. The summed E-state index contributed by atoms with van der Waals surface area (Å²) in [6, 6.07) is 10.4. The molecule has 2 aromatic rings. The van der Waals surface area contributed by atoms with Gasteiger partial charge in [-0.15, -0.1) is 0 Å². The molecule has 0 aromatic heterocycles. The van der Waals surface area contributed by atoms with Crippen molar-refractivity contribution in [1.29, 1.82) is 0 Å². The van der Waals surface area contributed by atoms with Gasteiger partial charge in [-0.2, -0.15) is 0 Å². The van der Waals surface area contributed by atoms with Crippen molar-refractivity contribution < 1.29 is 18.3 Å². The molecule has 2 aliphatic carbocycles. The topological polar surface area (TPSA) is 0 Å². The van der Waals surface area contributed by atoms with Crippen molar-refractivity contribution in [1.82, 2.24) is 0 Å². The summed E-state index contributed by atoms with van der Waals surface area (Å²) in [4.78, 5) is 0. The molecule has 0 fully saturated rings. The van der Waals surface area contributed by atoms with Crippen LogP contribution in [0.15, 0.2) is 48.6 Å². The van der Waals surface area contributed by atoms with Crippen molar-refractivity contribution in [3.63, 3.8) is 0 Å². The van der Waals surface area contributed by atoms with Gasteiger partial charge in [0.15, 0.2) is 0 Å². The van der Waals surface area contributed by atoms with Crippen LogP contribution in [0.25, 0.3) is 11.1 Å². The van der Waals surface area contributed by atoms with Crippen LogP contribution in [0.4, 0.5) is 0 Å². The maximum absolute atomic E-state index is 5.65. The van der Waals surface area contributed by atoms with Crippen molar-refractivity contribution in [2.75, 3.05) is 0 Å². The fourth-order valence-electron chi connectivity index (χ4n) is 8.86. The zero-order chi connectivity index (χ0) is 28.4. The van der Waals surface area contributed by atoms with Gasteiger partial charge in [-0.25, -0.2) is 0 Å². The zero-order valence-corrected chi connectivity index (χ0v) is 29.0. The third-order valence-electron chi connectivity index (χ3n) is 9.61. The van der Waals surface area contributed by atoms with Crippen LogP contribution < -0.4 is 0 Å². The van der Waals surface area contributed by atoms with Crippen molar-refractivity contribution in [3.05, 3.63) is 82.0 Å². The van der Waals surface area contributed by atoms with E-state index in [9.17, 15) is 0 Å². The Morgan fingerprint density at radius 1 is 0.684 bits per heavy atom. The van der Waals surface area contributed by atoms with Crippen molar-refractivity contribution >= 4 is 4.21 Å². The first-order valence-electron chi connectivity index (χ1n) is 15.1. The first-order valence-corrected chi connectivity index (χ1v) is 23.1. The quantitative estimate of drug-likeness (QED) is 0.314. The summed E-state index contributed by atoms with van der Waals surface area (Å²) >= 11 is -3.93. The molecule has 206 valence electrons. The van der Waals surface area contributed by atoms with Gasteiger partial charge in [0.1, 0.15) is 0 Å². The summed E-state index contributed by atoms with van der Waals surface area (Å²) in [7, 11) is 0. The van der Waals surface area contributed by atoms with E-state index in [1.54, 1.807) is 11.1 Å². The molecule has 0 atom stereocenters. The van der Waals surface area contributed by atoms with Crippen molar-refractivity contribution in [2.24, 2.45) is 11.8 Å². The Morgan fingerprint density at radius 3 is 1.37 bits per heavy atom. The van der Waals surface area contributed by atoms with E-state index in [1.165, 1.54) is 41.6 Å². The molecule has 2 aliphatic rings. The minimum atomic E-state index is -3.93. The number of aryl methyl sites for hydroxylation is 2. The van der Waals surface area contributed by atoms with E-state index in [-0.39, 0.29) is 10.8 Å². The van der Waals surface area contributed by atoms with E-state index in [2.05, 4.69) is 132 Å². The van der Waals surface area contributed by atoms with Crippen LogP contribution in [-0.4, -0.2) is 4.21 Å². The molecule has 0 saturated heterocycles. The molecule has 4 rings (SSSR count). The van der Waals surface area contributed by atoms with Gasteiger partial charge >= 0.3 is 237 Å². The Balaban J connectivity index is 2.18. The molecule has 0 heterocycles. The molecular weight excluding hydrogens is 536 g/mol. The number of allylic oxidation sites excluding steroid dienone is 4. The van der Waals surface area contributed by atoms with Gasteiger partial charge in [0, 0.05) is 0 Å². The van der Waals surface area contributed by atoms with Crippen LogP contribution in [0.1, 0.15) is 106 Å². The molecule has 2 aromatic carbocycles. The first-order chi connectivity index (χ1) is 17.4. The van der Waals surface area contributed by atoms with E-state index in [4.69, 9.17) is 4.21 Å². The molecule has 0 aliphatic heterocycles. The molecule has 0 saturated carbocycles. The molecule has 0 bridgehead atoms. The van der Waals surface area contributed by atoms with E-state index >= 15 is 0 Å². The van der Waals surface area contributed by atoms with E-state index in [0.29, 0.717) is 19.1 Å². The Hall–Kier alpha value is -1.33. The second-order valence-electron chi connectivity index (χ2n) is 16.1. The fourth-order valence-corrected chi connectivity index (χ4v) is 31.4. The molecular formula is C37H54Zr. The van der Waals surface area contributed by atoms with Crippen molar-refractivity contribution in [2.45, 2.75) is 109 Å². The maximum atomic E-state index is 5.65. The van der Waals surface area contributed by atoms with Gasteiger partial charge < -0.3 is 0 Å². The summed E-state index contributed by atoms with van der Waals surface area (Å²) in [6.07, 6.45) is 9.69. The SMILES string of the molecule is [CH2]=[Zr]([CH2]C(C)C)([CH2]C(C)C)([CH]1C=CC=C1)[CH]1c2cc(C)c(C(C)(C)C)cc2-c2cc(C(C)(C)C)c(C)cc21. The first kappa shape index (κ1) is 29.7. The summed E-state index contributed by atoms with van der Waals surface area (Å²) in [5.41, 5.74) is 12.2. The van der Waals surface area contributed by atoms with Crippen LogP contribution in [0.3, 0.4) is 0 Å². The molecule has 0 unspecified atom stereocenters. The normalized spacial score (nSPS) is 16.7. The van der Waals surface area contributed by atoms with Gasteiger partial charge in [0.25, 0.3) is 0 Å². The van der Waals surface area contributed by atoms with Gasteiger partial charge in [-0.3, -0.25) is 0 Å². The monoisotopic (exact) mass is 588 g/mol. The summed E-state index contributed by atoms with van der Waals surface area (Å²) in [6.45, 7) is 28.7. The van der Waals surface area contributed by atoms with Crippen LogP contribution >= 0.6 is 0 Å². The van der Waals surface area contributed by atoms with E-state index in [1.807, 2.05) is 0 Å². The Kier molecular flexibility index (Phi) is 7.53. The number of hydrogen-bond donors (Lipinski definition) is 0. The molecule has 0 amide bonds. The average molecular weight is 590 g/mol. The van der Waals surface area contributed by atoms with Crippen LogP contribution in [0, 0.1) is 25.7 Å². The predicted octanol–water partition coefficient (Wildman–Crippen LogP) is 11.2. The Labute approximate surface area is 235 Å². The summed E-state index contributed by atoms with van der Waals surface area (Å²) < 4.78 is 9.20. The minimum absolute atomic E-state index is 0.115. The zero-order valence-electron chi connectivity index (χ0n) is 26.5. The summed E-state index contributed by atoms with van der Waals surface area (Å²) in [5, 5.41) is 0. The predicted molar refractivity (Wildman–Crippen MR) is 169 cm³/mol. The molecule has 38 heavy (non-hydrogen) atoms. The number of hydrogen-bond acceptors (Lipinski definition) is 0. The third-order valence-corrected chi connectivity index (χ3v) is 29.5. The number of fused-ring (bicyclic) bond motifs is 3.